The predicted octanol–water partition coefficient (Wildman–Crippen LogP) is 1.76. The third kappa shape index (κ3) is 3.21. The van der Waals surface area contributed by atoms with Crippen LogP contribution in [0.25, 0.3) is 0 Å². The molecule has 0 N–H and O–H groups in total. The Labute approximate surface area is 110 Å². The van der Waals surface area contributed by atoms with Gasteiger partial charge in [0.1, 0.15) is 5.82 Å². The number of morpholine rings is 1. The fraction of sp³-hybridized carbons (Fsp3) is 0.643. The van der Waals surface area contributed by atoms with Gasteiger partial charge in [-0.25, -0.2) is 4.98 Å². The average Bonchev–Trinajstić information content (AvgIpc) is 2.40. The predicted molar refractivity (Wildman–Crippen MR) is 73.9 cm³/mol. The van der Waals surface area contributed by atoms with Gasteiger partial charge >= 0.3 is 0 Å². The van der Waals surface area contributed by atoms with Gasteiger partial charge in [0.2, 0.25) is 0 Å². The van der Waals surface area contributed by atoms with E-state index in [1.807, 2.05) is 25.2 Å². The van der Waals surface area contributed by atoms with Gasteiger partial charge in [-0.3, -0.25) is 4.90 Å². The molecule has 0 unspecified atom stereocenters. The molecular weight excluding hydrogens is 226 g/mol. The van der Waals surface area contributed by atoms with E-state index in [4.69, 9.17) is 4.74 Å². The molecule has 0 radical (unpaired) electrons. The Morgan fingerprint density at radius 2 is 2.28 bits per heavy atom. The van der Waals surface area contributed by atoms with Crippen LogP contribution in [-0.2, 0) is 11.3 Å². The summed E-state index contributed by atoms with van der Waals surface area (Å²) in [4.78, 5) is 8.98. The highest BCUT2D eigenvalue weighted by atomic mass is 16.5. The summed E-state index contributed by atoms with van der Waals surface area (Å²) >= 11 is 0. The van der Waals surface area contributed by atoms with Gasteiger partial charge in [-0.15, -0.1) is 0 Å². The number of ether oxygens (including phenoxy) is 1. The Morgan fingerprint density at radius 3 is 2.89 bits per heavy atom. The van der Waals surface area contributed by atoms with Crippen molar-refractivity contribution >= 4 is 5.82 Å². The molecule has 1 atom stereocenters. The number of pyridine rings is 1. The molecule has 1 fully saturated rings. The molecule has 100 valence electrons. The Morgan fingerprint density at radius 1 is 1.44 bits per heavy atom. The van der Waals surface area contributed by atoms with Crippen LogP contribution in [0, 0.1) is 0 Å². The number of hydrogen-bond acceptors (Lipinski definition) is 4. The van der Waals surface area contributed by atoms with E-state index in [0.717, 1.165) is 38.5 Å². The van der Waals surface area contributed by atoms with Crippen molar-refractivity contribution in [1.29, 1.82) is 0 Å². The van der Waals surface area contributed by atoms with Crippen molar-refractivity contribution in [1.82, 2.24) is 9.88 Å². The molecule has 1 aliphatic rings. The summed E-state index contributed by atoms with van der Waals surface area (Å²) < 4.78 is 5.53. The maximum absolute atomic E-state index is 5.53. The second-order valence-corrected chi connectivity index (χ2v) is 5.03. The highest BCUT2D eigenvalue weighted by molar-refractivity contribution is 5.37. The summed E-state index contributed by atoms with van der Waals surface area (Å²) in [6.45, 7) is 5.93. The van der Waals surface area contributed by atoms with E-state index < -0.39 is 0 Å². The molecule has 0 amide bonds. The second kappa shape index (κ2) is 6.16. The van der Waals surface area contributed by atoms with Crippen LogP contribution in [0.15, 0.2) is 18.3 Å². The second-order valence-electron chi connectivity index (χ2n) is 5.03. The number of rotatable bonds is 4. The van der Waals surface area contributed by atoms with Crippen molar-refractivity contribution in [2.24, 2.45) is 0 Å². The maximum Gasteiger partial charge on any atom is 0.127 e. The normalized spacial score (nSPS) is 20.9. The molecule has 4 nitrogen and oxygen atoms in total. The molecule has 2 heterocycles. The van der Waals surface area contributed by atoms with Gasteiger partial charge in [0.05, 0.1) is 13.2 Å². The molecule has 0 saturated carbocycles. The number of nitrogens with zero attached hydrogens (tertiary/aromatic N) is 3. The lowest BCUT2D eigenvalue weighted by Gasteiger charge is -2.35. The van der Waals surface area contributed by atoms with Crippen molar-refractivity contribution in [3.63, 3.8) is 0 Å². The molecular formula is C14H23N3O. The van der Waals surface area contributed by atoms with Crippen molar-refractivity contribution in [3.05, 3.63) is 23.9 Å². The molecule has 1 aromatic rings. The molecule has 1 saturated heterocycles. The average molecular weight is 249 g/mol. The van der Waals surface area contributed by atoms with Gasteiger partial charge in [-0.1, -0.05) is 13.0 Å². The van der Waals surface area contributed by atoms with Gasteiger partial charge in [0, 0.05) is 39.4 Å². The van der Waals surface area contributed by atoms with Crippen LogP contribution >= 0.6 is 0 Å². The molecule has 0 bridgehead atoms. The fourth-order valence-electron chi connectivity index (χ4n) is 2.28. The third-order valence-corrected chi connectivity index (χ3v) is 3.47. The Bertz CT molecular complexity index is 364. The van der Waals surface area contributed by atoms with Crippen molar-refractivity contribution in [2.75, 3.05) is 38.8 Å². The molecule has 0 aromatic carbocycles. The highest BCUT2D eigenvalue weighted by Gasteiger charge is 2.21. The molecule has 2 rings (SSSR count). The summed E-state index contributed by atoms with van der Waals surface area (Å²) in [7, 11) is 4.02. The van der Waals surface area contributed by atoms with Crippen LogP contribution in [-0.4, -0.2) is 49.8 Å². The first kappa shape index (κ1) is 13.3. The molecule has 1 aliphatic heterocycles. The zero-order valence-corrected chi connectivity index (χ0v) is 11.6. The number of aromatic nitrogens is 1. The maximum atomic E-state index is 5.53. The van der Waals surface area contributed by atoms with Crippen LogP contribution in [0.5, 0.6) is 0 Å². The van der Waals surface area contributed by atoms with Gasteiger partial charge < -0.3 is 9.64 Å². The van der Waals surface area contributed by atoms with E-state index in [-0.39, 0.29) is 0 Å². The molecule has 4 heteroatoms. The van der Waals surface area contributed by atoms with Crippen molar-refractivity contribution in [3.8, 4) is 0 Å². The van der Waals surface area contributed by atoms with Crippen LogP contribution in [0.3, 0.4) is 0 Å². The largest absolute Gasteiger partial charge is 0.378 e. The van der Waals surface area contributed by atoms with Crippen molar-refractivity contribution in [2.45, 2.75) is 25.9 Å². The lowest BCUT2D eigenvalue weighted by Crippen LogP contribution is -2.44. The molecule has 0 aliphatic carbocycles. The van der Waals surface area contributed by atoms with Crippen LogP contribution in [0.1, 0.15) is 18.9 Å². The summed E-state index contributed by atoms with van der Waals surface area (Å²) in [5.74, 6) is 1.01. The van der Waals surface area contributed by atoms with E-state index in [9.17, 15) is 0 Å². The number of hydrogen-bond donors (Lipinski definition) is 0. The minimum absolute atomic E-state index is 0.548. The molecule has 0 spiro atoms. The monoisotopic (exact) mass is 249 g/mol. The fourth-order valence-corrected chi connectivity index (χ4v) is 2.28. The zero-order chi connectivity index (χ0) is 13.0. The first-order valence-electron chi connectivity index (χ1n) is 6.64. The van der Waals surface area contributed by atoms with Crippen LogP contribution < -0.4 is 4.90 Å². The van der Waals surface area contributed by atoms with Crippen molar-refractivity contribution < 1.29 is 4.74 Å². The van der Waals surface area contributed by atoms with Gasteiger partial charge in [-0.2, -0.15) is 0 Å². The van der Waals surface area contributed by atoms with E-state index in [1.165, 1.54) is 5.56 Å². The first-order chi connectivity index (χ1) is 8.70. The third-order valence-electron chi connectivity index (χ3n) is 3.47. The molecule has 1 aromatic heterocycles. The van der Waals surface area contributed by atoms with E-state index in [1.54, 1.807) is 0 Å². The topological polar surface area (TPSA) is 28.6 Å². The lowest BCUT2D eigenvalue weighted by molar-refractivity contribution is -0.0127. The summed E-state index contributed by atoms with van der Waals surface area (Å²) in [5, 5.41) is 0. The molecule has 18 heavy (non-hydrogen) atoms. The van der Waals surface area contributed by atoms with Gasteiger partial charge in [0.25, 0.3) is 0 Å². The summed E-state index contributed by atoms with van der Waals surface area (Å²) in [6, 6.07) is 4.80. The van der Waals surface area contributed by atoms with Gasteiger partial charge in [-0.05, 0) is 18.1 Å². The first-order valence-corrected chi connectivity index (χ1v) is 6.64. The minimum atomic E-state index is 0.548. The summed E-state index contributed by atoms with van der Waals surface area (Å²) in [6.07, 6.45) is 3.13. The van der Waals surface area contributed by atoms with E-state index >= 15 is 0 Å². The van der Waals surface area contributed by atoms with Gasteiger partial charge in [0.15, 0.2) is 0 Å². The Kier molecular flexibility index (Phi) is 4.55. The standard InChI is InChI=1S/C14H23N3O/c1-4-13-11-18-8-7-17(13)10-12-5-6-14(15-9-12)16(2)3/h5-6,9,13H,4,7-8,10-11H2,1-3H3/t13-/m0/s1. The van der Waals surface area contributed by atoms with Crippen LogP contribution in [0.4, 0.5) is 5.82 Å². The Balaban J connectivity index is 1.99. The van der Waals surface area contributed by atoms with E-state index in [0.29, 0.717) is 6.04 Å². The minimum Gasteiger partial charge on any atom is -0.378 e. The lowest BCUT2D eigenvalue weighted by atomic mass is 10.1. The summed E-state index contributed by atoms with van der Waals surface area (Å²) in [5.41, 5.74) is 1.28. The SMILES string of the molecule is CC[C@H]1COCCN1Cc1ccc(N(C)C)nc1. The number of anilines is 1. The Hall–Kier alpha value is -1.13. The zero-order valence-electron chi connectivity index (χ0n) is 11.6. The van der Waals surface area contributed by atoms with Crippen LogP contribution in [0.2, 0.25) is 0 Å². The smallest absolute Gasteiger partial charge is 0.127 e. The van der Waals surface area contributed by atoms with E-state index in [2.05, 4.69) is 28.9 Å². The quantitative estimate of drug-likeness (QED) is 0.813. The highest BCUT2D eigenvalue weighted by Crippen LogP contribution is 2.15.